The van der Waals surface area contributed by atoms with Gasteiger partial charge in [0, 0.05) is 20.2 Å². The standard InChI is InChI=1S/C11H19NO4/c1-3-16-11(14)10(13)12(2)6-7-15-8-9-4-5-9/h9H,3-8H2,1-2H3. The van der Waals surface area contributed by atoms with Gasteiger partial charge >= 0.3 is 11.9 Å². The van der Waals surface area contributed by atoms with Gasteiger partial charge in [0.05, 0.1) is 13.2 Å². The van der Waals surface area contributed by atoms with Gasteiger partial charge in [-0.1, -0.05) is 0 Å². The summed E-state index contributed by atoms with van der Waals surface area (Å²) in [5.74, 6) is -0.699. The van der Waals surface area contributed by atoms with Gasteiger partial charge in [0.1, 0.15) is 0 Å². The first-order chi connectivity index (χ1) is 7.65. The van der Waals surface area contributed by atoms with Gasteiger partial charge in [-0.15, -0.1) is 0 Å². The number of nitrogens with zero attached hydrogens (tertiary/aromatic N) is 1. The zero-order valence-corrected chi connectivity index (χ0v) is 9.90. The molecule has 5 heteroatoms. The van der Waals surface area contributed by atoms with E-state index in [-0.39, 0.29) is 6.61 Å². The number of amides is 1. The highest BCUT2D eigenvalue weighted by molar-refractivity contribution is 6.32. The molecule has 1 aliphatic carbocycles. The van der Waals surface area contributed by atoms with E-state index in [1.807, 2.05) is 0 Å². The topological polar surface area (TPSA) is 55.8 Å². The first-order valence-corrected chi connectivity index (χ1v) is 5.65. The number of esters is 1. The molecule has 0 spiro atoms. The first-order valence-electron chi connectivity index (χ1n) is 5.65. The van der Waals surface area contributed by atoms with Crippen LogP contribution in [0.1, 0.15) is 19.8 Å². The second-order valence-corrected chi connectivity index (χ2v) is 3.97. The van der Waals surface area contributed by atoms with E-state index in [9.17, 15) is 9.59 Å². The average Bonchev–Trinajstić information content (AvgIpc) is 3.07. The highest BCUT2D eigenvalue weighted by Gasteiger charge is 2.22. The van der Waals surface area contributed by atoms with Crippen LogP contribution in [-0.4, -0.2) is 50.2 Å². The van der Waals surface area contributed by atoms with E-state index < -0.39 is 11.9 Å². The van der Waals surface area contributed by atoms with Crippen LogP contribution in [0.15, 0.2) is 0 Å². The molecule has 1 fully saturated rings. The summed E-state index contributed by atoms with van der Waals surface area (Å²) >= 11 is 0. The van der Waals surface area contributed by atoms with Crippen LogP contribution >= 0.6 is 0 Å². The Morgan fingerprint density at radius 3 is 2.62 bits per heavy atom. The highest BCUT2D eigenvalue weighted by atomic mass is 16.5. The Balaban J connectivity index is 2.09. The van der Waals surface area contributed by atoms with Crippen molar-refractivity contribution in [3.8, 4) is 0 Å². The number of hydrogen-bond donors (Lipinski definition) is 0. The first kappa shape index (κ1) is 13.0. The Labute approximate surface area is 95.7 Å². The number of carbonyl (C=O) groups excluding carboxylic acids is 2. The van der Waals surface area contributed by atoms with Crippen molar-refractivity contribution in [3.05, 3.63) is 0 Å². The summed E-state index contributed by atoms with van der Waals surface area (Å²) in [4.78, 5) is 23.8. The molecule has 92 valence electrons. The summed E-state index contributed by atoms with van der Waals surface area (Å²) in [5, 5.41) is 0. The molecule has 16 heavy (non-hydrogen) atoms. The molecule has 5 nitrogen and oxygen atoms in total. The maximum absolute atomic E-state index is 11.4. The lowest BCUT2D eigenvalue weighted by Crippen LogP contribution is -2.36. The van der Waals surface area contributed by atoms with Crippen molar-refractivity contribution in [2.75, 3.05) is 33.4 Å². The van der Waals surface area contributed by atoms with Crippen molar-refractivity contribution in [3.63, 3.8) is 0 Å². The van der Waals surface area contributed by atoms with Crippen molar-refractivity contribution in [1.82, 2.24) is 4.90 Å². The van der Waals surface area contributed by atoms with E-state index in [2.05, 4.69) is 4.74 Å². The molecule has 0 atom stereocenters. The van der Waals surface area contributed by atoms with Gasteiger partial charge in [-0.3, -0.25) is 4.79 Å². The second-order valence-electron chi connectivity index (χ2n) is 3.97. The highest BCUT2D eigenvalue weighted by Crippen LogP contribution is 2.28. The number of hydrogen-bond acceptors (Lipinski definition) is 4. The third-order valence-electron chi connectivity index (χ3n) is 2.42. The monoisotopic (exact) mass is 229 g/mol. The normalized spacial score (nSPS) is 14.6. The molecule has 0 radical (unpaired) electrons. The van der Waals surface area contributed by atoms with Crippen LogP contribution in [0.5, 0.6) is 0 Å². The van der Waals surface area contributed by atoms with E-state index in [0.29, 0.717) is 19.1 Å². The van der Waals surface area contributed by atoms with Crippen LogP contribution in [0, 0.1) is 5.92 Å². The van der Waals surface area contributed by atoms with Gasteiger partial charge in [-0.2, -0.15) is 0 Å². The van der Waals surface area contributed by atoms with Crippen LogP contribution < -0.4 is 0 Å². The minimum atomic E-state index is -0.799. The van der Waals surface area contributed by atoms with Crippen LogP contribution in [-0.2, 0) is 19.1 Å². The quantitative estimate of drug-likeness (QED) is 0.376. The molecule has 0 heterocycles. The predicted molar refractivity (Wildman–Crippen MR) is 57.8 cm³/mol. The summed E-state index contributed by atoms with van der Waals surface area (Å²) in [6.07, 6.45) is 2.50. The maximum atomic E-state index is 11.4. The van der Waals surface area contributed by atoms with Gasteiger partial charge in [0.15, 0.2) is 0 Å². The molecule has 1 rings (SSSR count). The third-order valence-corrected chi connectivity index (χ3v) is 2.42. The number of rotatable bonds is 6. The van der Waals surface area contributed by atoms with E-state index >= 15 is 0 Å². The van der Waals surface area contributed by atoms with Crippen molar-refractivity contribution in [2.45, 2.75) is 19.8 Å². The Bertz CT molecular complexity index is 250. The van der Waals surface area contributed by atoms with Crippen molar-refractivity contribution < 1.29 is 19.1 Å². The van der Waals surface area contributed by atoms with Gasteiger partial charge < -0.3 is 14.4 Å². The average molecular weight is 229 g/mol. The fraction of sp³-hybridized carbons (Fsp3) is 0.818. The Morgan fingerprint density at radius 1 is 1.38 bits per heavy atom. The van der Waals surface area contributed by atoms with E-state index in [4.69, 9.17) is 4.74 Å². The van der Waals surface area contributed by atoms with E-state index in [1.165, 1.54) is 17.7 Å². The molecular formula is C11H19NO4. The summed E-state index contributed by atoms with van der Waals surface area (Å²) in [5.41, 5.74) is 0. The third kappa shape index (κ3) is 4.61. The molecule has 0 aromatic rings. The molecule has 0 N–H and O–H groups in total. The van der Waals surface area contributed by atoms with E-state index in [0.717, 1.165) is 6.61 Å². The van der Waals surface area contributed by atoms with E-state index in [1.54, 1.807) is 14.0 Å². The Hall–Kier alpha value is -1.10. The molecule has 0 unspecified atom stereocenters. The van der Waals surface area contributed by atoms with Crippen LogP contribution in [0.25, 0.3) is 0 Å². The minimum Gasteiger partial charge on any atom is -0.459 e. The summed E-state index contributed by atoms with van der Waals surface area (Å²) in [7, 11) is 1.57. The smallest absolute Gasteiger partial charge is 0.396 e. The molecule has 0 saturated heterocycles. The number of ether oxygens (including phenoxy) is 2. The molecule has 0 aromatic heterocycles. The van der Waals surface area contributed by atoms with Gasteiger partial charge in [-0.05, 0) is 25.7 Å². The molecule has 0 bridgehead atoms. The lowest BCUT2D eigenvalue weighted by atomic mass is 10.4. The van der Waals surface area contributed by atoms with Crippen LogP contribution in [0.3, 0.4) is 0 Å². The number of carbonyl (C=O) groups is 2. The summed E-state index contributed by atoms with van der Waals surface area (Å²) < 4.78 is 9.98. The Kier molecular flexibility index (Phi) is 5.25. The lowest BCUT2D eigenvalue weighted by Gasteiger charge is -2.15. The molecule has 1 saturated carbocycles. The van der Waals surface area contributed by atoms with Gasteiger partial charge in [0.25, 0.3) is 0 Å². The zero-order valence-electron chi connectivity index (χ0n) is 9.90. The molecule has 1 amide bonds. The molecule has 0 aromatic carbocycles. The van der Waals surface area contributed by atoms with Crippen LogP contribution in [0.2, 0.25) is 0 Å². The predicted octanol–water partition coefficient (Wildman–Crippen LogP) is 0.434. The fourth-order valence-corrected chi connectivity index (χ4v) is 1.19. The van der Waals surface area contributed by atoms with Crippen molar-refractivity contribution >= 4 is 11.9 Å². The van der Waals surface area contributed by atoms with Crippen molar-refractivity contribution in [1.29, 1.82) is 0 Å². The van der Waals surface area contributed by atoms with Gasteiger partial charge in [-0.25, -0.2) is 4.79 Å². The summed E-state index contributed by atoms with van der Waals surface area (Å²) in [6, 6.07) is 0. The van der Waals surface area contributed by atoms with Gasteiger partial charge in [0.2, 0.25) is 0 Å². The zero-order chi connectivity index (χ0) is 12.0. The maximum Gasteiger partial charge on any atom is 0.396 e. The van der Waals surface area contributed by atoms with Crippen LogP contribution in [0.4, 0.5) is 0 Å². The van der Waals surface area contributed by atoms with Crippen molar-refractivity contribution in [2.24, 2.45) is 5.92 Å². The lowest BCUT2D eigenvalue weighted by molar-refractivity contribution is -0.159. The molecule has 1 aliphatic rings. The fourth-order valence-electron chi connectivity index (χ4n) is 1.19. The molecular weight excluding hydrogens is 210 g/mol. The number of likely N-dealkylation sites (N-methyl/N-ethyl adjacent to an activating group) is 1. The largest absolute Gasteiger partial charge is 0.459 e. The molecule has 0 aliphatic heterocycles. The summed E-state index contributed by atoms with van der Waals surface area (Å²) in [6.45, 7) is 3.55. The minimum absolute atomic E-state index is 0.219. The Morgan fingerprint density at radius 2 is 2.06 bits per heavy atom. The SMILES string of the molecule is CCOC(=O)C(=O)N(C)CCOCC1CC1. The second kappa shape index (κ2) is 6.48.